The largest absolute Gasteiger partial charge is 0.497 e. The van der Waals surface area contributed by atoms with Crippen molar-refractivity contribution in [2.24, 2.45) is 5.73 Å². The Morgan fingerprint density at radius 3 is 2.80 bits per heavy atom. The topological polar surface area (TPSA) is 55.5 Å². The first kappa shape index (κ1) is 12.0. The molecule has 0 saturated carbocycles. The number of aliphatic hydroxyl groups excluding tert-OH is 1. The Morgan fingerprint density at radius 2 is 2.20 bits per heavy atom. The van der Waals surface area contributed by atoms with E-state index in [2.05, 4.69) is 6.92 Å². The molecular weight excluding hydrogens is 190 g/mol. The first-order valence-electron chi connectivity index (χ1n) is 5.19. The SMILES string of the molecule is COc1cccc(C(C)CC(O)CN)c1. The second kappa shape index (κ2) is 5.73. The van der Waals surface area contributed by atoms with Crippen molar-refractivity contribution >= 4 is 0 Å². The second-order valence-electron chi connectivity index (χ2n) is 3.80. The fourth-order valence-electron chi connectivity index (χ4n) is 1.59. The Morgan fingerprint density at radius 1 is 1.47 bits per heavy atom. The molecule has 3 heteroatoms. The van der Waals surface area contributed by atoms with Gasteiger partial charge in [-0.05, 0) is 30.0 Å². The Bertz CT molecular complexity index is 301. The lowest BCUT2D eigenvalue weighted by atomic mass is 9.95. The summed E-state index contributed by atoms with van der Waals surface area (Å²) in [7, 11) is 1.65. The molecule has 2 unspecified atom stereocenters. The first-order valence-corrected chi connectivity index (χ1v) is 5.19. The van der Waals surface area contributed by atoms with Crippen molar-refractivity contribution in [3.8, 4) is 5.75 Å². The van der Waals surface area contributed by atoms with E-state index in [-0.39, 0.29) is 0 Å². The van der Waals surface area contributed by atoms with E-state index in [4.69, 9.17) is 10.5 Å². The van der Waals surface area contributed by atoms with Crippen LogP contribution in [0.15, 0.2) is 24.3 Å². The van der Waals surface area contributed by atoms with E-state index in [1.807, 2.05) is 24.3 Å². The summed E-state index contributed by atoms with van der Waals surface area (Å²) in [6, 6.07) is 7.90. The summed E-state index contributed by atoms with van der Waals surface area (Å²) in [4.78, 5) is 0. The molecule has 0 amide bonds. The van der Waals surface area contributed by atoms with Crippen LogP contribution < -0.4 is 10.5 Å². The zero-order valence-electron chi connectivity index (χ0n) is 9.31. The van der Waals surface area contributed by atoms with Crippen LogP contribution in [0.3, 0.4) is 0 Å². The van der Waals surface area contributed by atoms with Crippen molar-refractivity contribution in [3.05, 3.63) is 29.8 Å². The van der Waals surface area contributed by atoms with Gasteiger partial charge in [0.1, 0.15) is 5.75 Å². The minimum absolute atomic E-state index is 0.290. The molecule has 1 aromatic carbocycles. The molecule has 0 aliphatic carbocycles. The van der Waals surface area contributed by atoms with Gasteiger partial charge >= 0.3 is 0 Å². The van der Waals surface area contributed by atoms with Crippen molar-refractivity contribution in [1.82, 2.24) is 0 Å². The molecular formula is C12H19NO2. The van der Waals surface area contributed by atoms with Crippen molar-refractivity contribution in [2.45, 2.75) is 25.4 Å². The molecule has 0 heterocycles. The zero-order valence-corrected chi connectivity index (χ0v) is 9.31. The first-order chi connectivity index (χ1) is 7.17. The maximum atomic E-state index is 9.46. The average Bonchev–Trinajstić information content (AvgIpc) is 2.28. The van der Waals surface area contributed by atoms with E-state index in [0.717, 1.165) is 5.75 Å². The number of methoxy groups -OCH3 is 1. The number of benzene rings is 1. The number of nitrogens with two attached hydrogens (primary N) is 1. The summed E-state index contributed by atoms with van der Waals surface area (Å²) in [5, 5.41) is 9.46. The van der Waals surface area contributed by atoms with Crippen LogP contribution in [-0.2, 0) is 0 Å². The van der Waals surface area contributed by atoms with Crippen LogP contribution in [0.4, 0.5) is 0 Å². The van der Waals surface area contributed by atoms with Crippen LogP contribution in [0.5, 0.6) is 5.75 Å². The summed E-state index contributed by atoms with van der Waals surface area (Å²) >= 11 is 0. The van der Waals surface area contributed by atoms with E-state index in [9.17, 15) is 5.11 Å². The number of hydrogen-bond donors (Lipinski definition) is 2. The summed E-state index contributed by atoms with van der Waals surface area (Å²) in [6.45, 7) is 2.39. The Balaban J connectivity index is 2.68. The van der Waals surface area contributed by atoms with Gasteiger partial charge < -0.3 is 15.6 Å². The van der Waals surface area contributed by atoms with Gasteiger partial charge in [-0.15, -0.1) is 0 Å². The minimum Gasteiger partial charge on any atom is -0.497 e. The molecule has 0 radical (unpaired) electrons. The Hall–Kier alpha value is -1.06. The van der Waals surface area contributed by atoms with E-state index in [1.165, 1.54) is 5.56 Å². The predicted molar refractivity (Wildman–Crippen MR) is 61.1 cm³/mol. The van der Waals surface area contributed by atoms with Crippen LogP contribution >= 0.6 is 0 Å². The van der Waals surface area contributed by atoms with Gasteiger partial charge in [-0.3, -0.25) is 0 Å². The van der Waals surface area contributed by atoms with Gasteiger partial charge in [0, 0.05) is 6.54 Å². The summed E-state index contributed by atoms with van der Waals surface area (Å²) in [5.41, 5.74) is 6.55. The third-order valence-corrected chi connectivity index (χ3v) is 2.56. The van der Waals surface area contributed by atoms with Crippen LogP contribution in [0, 0.1) is 0 Å². The standard InChI is InChI=1S/C12H19NO2/c1-9(6-11(14)8-13)10-4-3-5-12(7-10)15-2/h3-5,7,9,11,14H,6,8,13H2,1-2H3. The van der Waals surface area contributed by atoms with Crippen molar-refractivity contribution in [2.75, 3.05) is 13.7 Å². The van der Waals surface area contributed by atoms with Crippen molar-refractivity contribution in [1.29, 1.82) is 0 Å². The number of hydrogen-bond acceptors (Lipinski definition) is 3. The average molecular weight is 209 g/mol. The van der Waals surface area contributed by atoms with Gasteiger partial charge in [0.05, 0.1) is 13.2 Å². The van der Waals surface area contributed by atoms with Gasteiger partial charge in [0.15, 0.2) is 0 Å². The van der Waals surface area contributed by atoms with Gasteiger partial charge in [0.25, 0.3) is 0 Å². The molecule has 0 aromatic heterocycles. The molecule has 0 aliphatic rings. The predicted octanol–water partition coefficient (Wildman–Crippen LogP) is 1.51. The molecule has 0 spiro atoms. The lowest BCUT2D eigenvalue weighted by Gasteiger charge is -2.16. The molecule has 1 rings (SSSR count). The maximum Gasteiger partial charge on any atom is 0.119 e. The summed E-state index contributed by atoms with van der Waals surface area (Å²) in [6.07, 6.45) is 0.259. The molecule has 0 aliphatic heterocycles. The molecule has 84 valence electrons. The molecule has 0 fully saturated rings. The fourth-order valence-corrected chi connectivity index (χ4v) is 1.59. The molecule has 1 aromatic rings. The number of rotatable bonds is 5. The number of aliphatic hydroxyl groups is 1. The monoisotopic (exact) mass is 209 g/mol. The Kier molecular flexibility index (Phi) is 4.59. The highest BCUT2D eigenvalue weighted by molar-refractivity contribution is 5.30. The van der Waals surface area contributed by atoms with E-state index in [0.29, 0.717) is 18.9 Å². The molecule has 2 atom stereocenters. The lowest BCUT2D eigenvalue weighted by Crippen LogP contribution is -2.21. The zero-order chi connectivity index (χ0) is 11.3. The van der Waals surface area contributed by atoms with E-state index in [1.54, 1.807) is 7.11 Å². The van der Waals surface area contributed by atoms with E-state index >= 15 is 0 Å². The maximum absolute atomic E-state index is 9.46. The lowest BCUT2D eigenvalue weighted by molar-refractivity contribution is 0.165. The van der Waals surface area contributed by atoms with Crippen molar-refractivity contribution < 1.29 is 9.84 Å². The third kappa shape index (κ3) is 3.53. The van der Waals surface area contributed by atoms with Crippen molar-refractivity contribution in [3.63, 3.8) is 0 Å². The van der Waals surface area contributed by atoms with Gasteiger partial charge in [-0.25, -0.2) is 0 Å². The highest BCUT2D eigenvalue weighted by Gasteiger charge is 2.11. The molecule has 0 bridgehead atoms. The van der Waals surface area contributed by atoms with Crippen LogP contribution in [0.2, 0.25) is 0 Å². The summed E-state index contributed by atoms with van der Waals surface area (Å²) in [5.74, 6) is 1.14. The quantitative estimate of drug-likeness (QED) is 0.772. The fraction of sp³-hybridized carbons (Fsp3) is 0.500. The third-order valence-electron chi connectivity index (χ3n) is 2.56. The summed E-state index contributed by atoms with van der Waals surface area (Å²) < 4.78 is 5.15. The highest BCUT2D eigenvalue weighted by Crippen LogP contribution is 2.23. The van der Waals surface area contributed by atoms with Gasteiger partial charge in [0.2, 0.25) is 0 Å². The normalized spacial score (nSPS) is 14.7. The number of ether oxygens (including phenoxy) is 1. The van der Waals surface area contributed by atoms with Crippen LogP contribution in [0.1, 0.15) is 24.8 Å². The van der Waals surface area contributed by atoms with Crippen LogP contribution in [-0.4, -0.2) is 24.9 Å². The van der Waals surface area contributed by atoms with Crippen LogP contribution in [0.25, 0.3) is 0 Å². The molecule has 15 heavy (non-hydrogen) atoms. The molecule has 3 nitrogen and oxygen atoms in total. The van der Waals surface area contributed by atoms with Gasteiger partial charge in [-0.2, -0.15) is 0 Å². The molecule has 0 saturated heterocycles. The highest BCUT2D eigenvalue weighted by atomic mass is 16.5. The second-order valence-corrected chi connectivity index (χ2v) is 3.80. The minimum atomic E-state index is -0.425. The Labute approximate surface area is 90.9 Å². The van der Waals surface area contributed by atoms with Gasteiger partial charge in [-0.1, -0.05) is 19.1 Å². The molecule has 3 N–H and O–H groups in total. The van der Waals surface area contributed by atoms with E-state index < -0.39 is 6.10 Å². The smallest absolute Gasteiger partial charge is 0.119 e.